The van der Waals surface area contributed by atoms with E-state index in [0.717, 1.165) is 27.1 Å². The van der Waals surface area contributed by atoms with Crippen molar-refractivity contribution < 1.29 is 69.7 Å². The number of aliphatic carboxylic acids is 1. The van der Waals surface area contributed by atoms with Crippen molar-refractivity contribution in [2.24, 2.45) is 0 Å². The van der Waals surface area contributed by atoms with Gasteiger partial charge in [-0.05, 0) is 62.4 Å². The van der Waals surface area contributed by atoms with Crippen LogP contribution < -0.4 is 61.2 Å². The minimum Gasteiger partial charge on any atom is -0.550 e. The molecule has 0 spiro atoms. The number of nitrogens with one attached hydrogen (secondary N) is 1. The number of carbonyl (C=O) groups excluding carboxylic acids is 1. The second-order valence-corrected chi connectivity index (χ2v) is 9.36. The number of hydrogen-bond donors (Lipinski definition) is 1. The summed E-state index contributed by atoms with van der Waals surface area (Å²) in [5, 5.41) is 10.5. The van der Waals surface area contributed by atoms with E-state index in [4.69, 9.17) is 0 Å². The summed E-state index contributed by atoms with van der Waals surface area (Å²) in [6.07, 6.45) is 0.453. The van der Waals surface area contributed by atoms with Crippen molar-refractivity contribution in [2.45, 2.75) is 43.4 Å². The number of carboxylic acids is 1. The summed E-state index contributed by atoms with van der Waals surface area (Å²) >= 11 is 1.54. The first kappa shape index (κ1) is 25.8. The van der Waals surface area contributed by atoms with Crippen LogP contribution >= 0.6 is 11.8 Å². The number of benzene rings is 2. The van der Waals surface area contributed by atoms with E-state index in [9.17, 15) is 18.3 Å². The van der Waals surface area contributed by atoms with Crippen LogP contribution in [0.2, 0.25) is 0 Å². The summed E-state index contributed by atoms with van der Waals surface area (Å²) in [6, 6.07) is 11.3. The van der Waals surface area contributed by atoms with Crippen molar-refractivity contribution in [3.63, 3.8) is 0 Å². The first-order valence-electron chi connectivity index (χ1n) is 8.68. The normalized spacial score (nSPS) is 11.1. The number of aryl methyl sites for hydroxylation is 4. The molecule has 0 bridgehead atoms. The van der Waals surface area contributed by atoms with Crippen LogP contribution in [0.3, 0.4) is 0 Å². The van der Waals surface area contributed by atoms with E-state index in [1.54, 1.807) is 11.8 Å². The van der Waals surface area contributed by atoms with E-state index in [0.29, 0.717) is 23.6 Å². The molecule has 0 amide bonds. The predicted molar refractivity (Wildman–Crippen MR) is 106 cm³/mol. The monoisotopic (exact) mass is 445 g/mol. The summed E-state index contributed by atoms with van der Waals surface area (Å²) in [7, 11) is -3.54. The molecular formula is C20H24KNO4S2. The smallest absolute Gasteiger partial charge is 0.550 e. The zero-order valence-corrected chi connectivity index (χ0v) is 21.5. The Labute approximate surface area is 214 Å². The van der Waals surface area contributed by atoms with Gasteiger partial charge in [-0.3, -0.25) is 0 Å². The Hall–Kier alpha value is -0.194. The largest absolute Gasteiger partial charge is 1.00 e. The molecular weight excluding hydrogens is 421 g/mol. The molecule has 2 aromatic carbocycles. The Morgan fingerprint density at radius 1 is 1.07 bits per heavy atom. The molecule has 0 aliphatic heterocycles. The number of sulfonamides is 1. The molecule has 0 aliphatic carbocycles. The SMILES string of the molecule is Cc1cc(C)c(S(=O)(=O)NCCSc2ccc(CCC(=O)[O-])cc2)c(C)c1.[K+]. The predicted octanol–water partition coefficient (Wildman–Crippen LogP) is -0.631. The standard InChI is InChI=1S/C20H25NO4S2.K/c1-14-12-15(2)20(16(3)13-14)27(24,25)21-10-11-26-18-7-4-17(5-8-18)6-9-19(22)23;/h4-5,7-8,12-13,21H,6,9-11H2,1-3H3,(H,22,23);/q;+1/p-1. The minimum atomic E-state index is -3.54. The zero-order chi connectivity index (χ0) is 20.0. The Morgan fingerprint density at radius 2 is 1.64 bits per heavy atom. The number of rotatable bonds is 9. The van der Waals surface area contributed by atoms with Crippen LogP contribution in [-0.2, 0) is 21.2 Å². The summed E-state index contributed by atoms with van der Waals surface area (Å²) in [5.41, 5.74) is 3.48. The molecule has 0 aliphatic rings. The number of hydrogen-bond acceptors (Lipinski definition) is 5. The van der Waals surface area contributed by atoms with Crippen LogP contribution in [0.1, 0.15) is 28.7 Å². The van der Waals surface area contributed by atoms with Gasteiger partial charge in [-0.2, -0.15) is 0 Å². The second kappa shape index (κ2) is 11.9. The average molecular weight is 446 g/mol. The van der Waals surface area contributed by atoms with Crippen LogP contribution in [-0.4, -0.2) is 26.7 Å². The van der Waals surface area contributed by atoms with Gasteiger partial charge in [-0.15, -0.1) is 11.8 Å². The van der Waals surface area contributed by atoms with E-state index in [2.05, 4.69) is 4.72 Å². The molecule has 8 heteroatoms. The van der Waals surface area contributed by atoms with E-state index in [1.807, 2.05) is 57.2 Å². The van der Waals surface area contributed by atoms with Crippen molar-refractivity contribution in [3.05, 3.63) is 58.7 Å². The van der Waals surface area contributed by atoms with Crippen molar-refractivity contribution in [1.29, 1.82) is 0 Å². The molecule has 146 valence electrons. The second-order valence-electron chi connectivity index (χ2n) is 6.49. The summed E-state index contributed by atoms with van der Waals surface area (Å²) in [6.45, 7) is 5.90. The number of carbonyl (C=O) groups is 1. The topological polar surface area (TPSA) is 86.3 Å². The maximum absolute atomic E-state index is 12.6. The van der Waals surface area contributed by atoms with Gasteiger partial charge >= 0.3 is 51.4 Å². The molecule has 0 heterocycles. The van der Waals surface area contributed by atoms with Crippen molar-refractivity contribution in [1.82, 2.24) is 4.72 Å². The molecule has 28 heavy (non-hydrogen) atoms. The average Bonchev–Trinajstić information content (AvgIpc) is 2.56. The molecule has 2 aromatic rings. The van der Waals surface area contributed by atoms with Gasteiger partial charge in [0.05, 0.1) is 4.90 Å². The van der Waals surface area contributed by atoms with Crippen LogP contribution in [0.5, 0.6) is 0 Å². The van der Waals surface area contributed by atoms with Crippen molar-refractivity contribution in [2.75, 3.05) is 12.3 Å². The fourth-order valence-corrected chi connectivity index (χ4v) is 5.38. The van der Waals surface area contributed by atoms with Crippen LogP contribution in [0, 0.1) is 20.8 Å². The molecule has 1 N–H and O–H groups in total. The Morgan fingerprint density at radius 3 is 2.18 bits per heavy atom. The van der Waals surface area contributed by atoms with Gasteiger partial charge in [0.15, 0.2) is 0 Å². The van der Waals surface area contributed by atoms with E-state index in [-0.39, 0.29) is 57.8 Å². The summed E-state index contributed by atoms with van der Waals surface area (Å²) in [4.78, 5) is 11.9. The molecule has 0 atom stereocenters. The molecule has 0 radical (unpaired) electrons. The first-order valence-corrected chi connectivity index (χ1v) is 11.1. The Kier molecular flexibility index (Phi) is 10.9. The summed E-state index contributed by atoms with van der Waals surface area (Å²) in [5.74, 6) is -0.457. The maximum atomic E-state index is 12.6. The van der Waals surface area contributed by atoms with E-state index < -0.39 is 16.0 Å². The molecule has 2 rings (SSSR count). The third-order valence-electron chi connectivity index (χ3n) is 4.08. The number of carboxylic acid groups (broad SMARTS) is 1. The van der Waals surface area contributed by atoms with Crippen LogP contribution in [0.15, 0.2) is 46.2 Å². The molecule has 0 saturated carbocycles. The van der Waals surface area contributed by atoms with Gasteiger partial charge in [0.2, 0.25) is 10.0 Å². The van der Waals surface area contributed by atoms with Crippen molar-refractivity contribution in [3.8, 4) is 0 Å². The fraction of sp³-hybridized carbons (Fsp3) is 0.350. The first-order chi connectivity index (χ1) is 12.7. The third kappa shape index (κ3) is 7.91. The summed E-state index contributed by atoms with van der Waals surface area (Å²) < 4.78 is 27.9. The Balaban J connectivity index is 0.00000392. The maximum Gasteiger partial charge on any atom is 1.00 e. The fourth-order valence-electron chi connectivity index (χ4n) is 3.01. The van der Waals surface area contributed by atoms with Crippen LogP contribution in [0.4, 0.5) is 0 Å². The third-order valence-corrected chi connectivity index (χ3v) is 6.86. The van der Waals surface area contributed by atoms with Gasteiger partial charge in [0.25, 0.3) is 0 Å². The van der Waals surface area contributed by atoms with Crippen LogP contribution in [0.25, 0.3) is 0 Å². The molecule has 5 nitrogen and oxygen atoms in total. The zero-order valence-electron chi connectivity index (χ0n) is 16.7. The van der Waals surface area contributed by atoms with Gasteiger partial charge in [-0.1, -0.05) is 29.8 Å². The molecule has 0 saturated heterocycles. The minimum absolute atomic E-state index is 0. The quantitative estimate of drug-likeness (QED) is 0.316. The van der Waals surface area contributed by atoms with Crippen molar-refractivity contribution >= 4 is 27.8 Å². The van der Waals surface area contributed by atoms with Gasteiger partial charge in [0, 0.05) is 23.2 Å². The molecule has 0 aromatic heterocycles. The van der Waals surface area contributed by atoms with Gasteiger partial charge in [0.1, 0.15) is 0 Å². The number of thioether (sulfide) groups is 1. The Bertz CT molecular complexity index is 889. The molecule has 0 fully saturated rings. The van der Waals surface area contributed by atoms with E-state index in [1.165, 1.54) is 0 Å². The van der Waals surface area contributed by atoms with Gasteiger partial charge < -0.3 is 9.90 Å². The molecule has 0 unspecified atom stereocenters. The van der Waals surface area contributed by atoms with Gasteiger partial charge in [-0.25, -0.2) is 13.1 Å². The van der Waals surface area contributed by atoms with E-state index >= 15 is 0 Å².